The number of amides is 2. The number of nitrogens with zero attached hydrogens (tertiary/aromatic N) is 2. The highest BCUT2D eigenvalue weighted by molar-refractivity contribution is 5.87. The fraction of sp³-hybridized carbons (Fsp3) is 0.875. The number of carbonyl (C=O) groups is 2. The molecule has 21 heavy (non-hydrogen) atoms. The molecule has 5 heteroatoms. The first kappa shape index (κ1) is 14.8. The lowest BCUT2D eigenvalue weighted by Gasteiger charge is -2.27. The van der Waals surface area contributed by atoms with Crippen molar-refractivity contribution in [1.29, 1.82) is 0 Å². The summed E-state index contributed by atoms with van der Waals surface area (Å²) in [5.74, 6) is 0.877. The second-order valence-corrected chi connectivity index (χ2v) is 6.76. The van der Waals surface area contributed by atoms with E-state index >= 15 is 0 Å². The van der Waals surface area contributed by atoms with Crippen LogP contribution in [0.15, 0.2) is 0 Å². The Kier molecular flexibility index (Phi) is 4.48. The molecule has 1 aliphatic carbocycles. The minimum Gasteiger partial charge on any atom is -0.376 e. The number of ether oxygens (including phenoxy) is 1. The van der Waals surface area contributed by atoms with Gasteiger partial charge in [0.25, 0.3) is 0 Å². The van der Waals surface area contributed by atoms with E-state index in [4.69, 9.17) is 4.74 Å². The van der Waals surface area contributed by atoms with Crippen LogP contribution in [0.2, 0.25) is 0 Å². The molecule has 2 aliphatic heterocycles. The first-order chi connectivity index (χ1) is 10.1. The molecule has 3 rings (SSSR count). The Morgan fingerprint density at radius 3 is 2.52 bits per heavy atom. The SMILES string of the molecule is C[C@@H]1C[C@H]1C(=O)N(CC(=O)N1CCCC1)C[C@H]1CCCO1. The third kappa shape index (κ3) is 3.57. The largest absolute Gasteiger partial charge is 0.376 e. The molecule has 2 amide bonds. The van der Waals surface area contributed by atoms with Gasteiger partial charge in [0.1, 0.15) is 0 Å². The molecule has 0 aromatic rings. The summed E-state index contributed by atoms with van der Waals surface area (Å²) < 4.78 is 5.65. The summed E-state index contributed by atoms with van der Waals surface area (Å²) in [6, 6.07) is 0. The fourth-order valence-electron chi connectivity index (χ4n) is 3.40. The summed E-state index contributed by atoms with van der Waals surface area (Å²) in [6.45, 7) is 5.41. The van der Waals surface area contributed by atoms with Crippen molar-refractivity contribution in [3.8, 4) is 0 Å². The number of hydrogen-bond acceptors (Lipinski definition) is 3. The van der Waals surface area contributed by atoms with Crippen LogP contribution in [0.3, 0.4) is 0 Å². The van der Waals surface area contributed by atoms with Crippen LogP contribution in [0, 0.1) is 11.8 Å². The van der Waals surface area contributed by atoms with Crippen molar-refractivity contribution >= 4 is 11.8 Å². The molecular formula is C16H26N2O3. The molecular weight excluding hydrogens is 268 g/mol. The Hall–Kier alpha value is -1.10. The van der Waals surface area contributed by atoms with E-state index in [1.807, 2.05) is 4.90 Å². The summed E-state index contributed by atoms with van der Waals surface area (Å²) in [6.07, 6.45) is 5.33. The Morgan fingerprint density at radius 2 is 1.95 bits per heavy atom. The van der Waals surface area contributed by atoms with E-state index in [-0.39, 0.29) is 30.4 Å². The molecule has 0 unspecified atom stereocenters. The van der Waals surface area contributed by atoms with Crippen LogP contribution in [-0.4, -0.2) is 60.5 Å². The van der Waals surface area contributed by atoms with Crippen molar-refractivity contribution in [2.24, 2.45) is 11.8 Å². The Balaban J connectivity index is 1.59. The normalized spacial score (nSPS) is 31.5. The van der Waals surface area contributed by atoms with E-state index in [1.54, 1.807) is 4.90 Å². The number of carbonyl (C=O) groups excluding carboxylic acids is 2. The molecule has 0 aromatic heterocycles. The predicted molar refractivity (Wildman–Crippen MR) is 78.6 cm³/mol. The zero-order valence-electron chi connectivity index (χ0n) is 12.9. The van der Waals surface area contributed by atoms with Gasteiger partial charge in [-0.25, -0.2) is 0 Å². The van der Waals surface area contributed by atoms with Crippen LogP contribution in [-0.2, 0) is 14.3 Å². The molecule has 0 radical (unpaired) electrons. The van der Waals surface area contributed by atoms with Gasteiger partial charge in [0.05, 0.1) is 12.6 Å². The van der Waals surface area contributed by atoms with Crippen LogP contribution in [0.5, 0.6) is 0 Å². The topological polar surface area (TPSA) is 49.9 Å². The average molecular weight is 294 g/mol. The Morgan fingerprint density at radius 1 is 1.24 bits per heavy atom. The van der Waals surface area contributed by atoms with Gasteiger partial charge >= 0.3 is 0 Å². The first-order valence-electron chi connectivity index (χ1n) is 8.33. The highest BCUT2D eigenvalue weighted by Crippen LogP contribution is 2.39. The standard InChI is InChI=1S/C16H26N2O3/c1-12-9-14(12)16(20)18(10-13-5-4-8-21-13)11-15(19)17-6-2-3-7-17/h12-14H,2-11H2,1H3/t12-,13-,14-/m1/s1. The molecule has 0 N–H and O–H groups in total. The Labute approximate surface area is 126 Å². The maximum atomic E-state index is 12.6. The lowest BCUT2D eigenvalue weighted by Crippen LogP contribution is -2.45. The van der Waals surface area contributed by atoms with Gasteiger partial charge in [-0.05, 0) is 38.0 Å². The molecule has 0 aromatic carbocycles. The third-order valence-corrected chi connectivity index (χ3v) is 4.97. The molecule has 0 bridgehead atoms. The Bertz CT molecular complexity index is 400. The molecule has 5 nitrogen and oxygen atoms in total. The van der Waals surface area contributed by atoms with Gasteiger partial charge in [-0.3, -0.25) is 9.59 Å². The second-order valence-electron chi connectivity index (χ2n) is 6.76. The second kappa shape index (κ2) is 6.34. The highest BCUT2D eigenvalue weighted by atomic mass is 16.5. The summed E-state index contributed by atoms with van der Waals surface area (Å²) in [5.41, 5.74) is 0. The van der Waals surface area contributed by atoms with Gasteiger partial charge in [-0.2, -0.15) is 0 Å². The van der Waals surface area contributed by atoms with Gasteiger partial charge in [-0.1, -0.05) is 6.92 Å². The molecule has 1 saturated carbocycles. The van der Waals surface area contributed by atoms with Gasteiger partial charge in [0.15, 0.2) is 0 Å². The molecule has 3 fully saturated rings. The average Bonchev–Trinajstić information content (AvgIpc) is 2.95. The molecule has 0 spiro atoms. The maximum Gasteiger partial charge on any atom is 0.242 e. The number of rotatable bonds is 5. The van der Waals surface area contributed by atoms with Crippen LogP contribution in [0.25, 0.3) is 0 Å². The summed E-state index contributed by atoms with van der Waals surface area (Å²) in [5, 5.41) is 0. The van der Waals surface area contributed by atoms with Crippen molar-refractivity contribution < 1.29 is 14.3 Å². The van der Waals surface area contributed by atoms with E-state index in [2.05, 4.69) is 6.92 Å². The zero-order chi connectivity index (χ0) is 14.8. The van der Waals surface area contributed by atoms with Crippen LogP contribution in [0.4, 0.5) is 0 Å². The number of hydrogen-bond donors (Lipinski definition) is 0. The van der Waals surface area contributed by atoms with Crippen molar-refractivity contribution in [2.45, 2.75) is 45.1 Å². The van der Waals surface area contributed by atoms with E-state index in [1.165, 1.54) is 0 Å². The van der Waals surface area contributed by atoms with Crippen LogP contribution >= 0.6 is 0 Å². The molecule has 3 atom stereocenters. The lowest BCUT2D eigenvalue weighted by atomic mass is 10.2. The summed E-state index contributed by atoms with van der Waals surface area (Å²) in [4.78, 5) is 28.6. The minimum atomic E-state index is 0.104. The van der Waals surface area contributed by atoms with E-state index in [9.17, 15) is 9.59 Å². The molecule has 2 saturated heterocycles. The van der Waals surface area contributed by atoms with Crippen molar-refractivity contribution in [3.05, 3.63) is 0 Å². The molecule has 2 heterocycles. The smallest absolute Gasteiger partial charge is 0.242 e. The zero-order valence-corrected chi connectivity index (χ0v) is 12.9. The predicted octanol–water partition coefficient (Wildman–Crippen LogP) is 1.27. The molecule has 3 aliphatic rings. The van der Waals surface area contributed by atoms with E-state index in [0.717, 1.165) is 51.8 Å². The van der Waals surface area contributed by atoms with Gasteiger partial charge in [0.2, 0.25) is 11.8 Å². The van der Waals surface area contributed by atoms with E-state index in [0.29, 0.717) is 12.5 Å². The number of likely N-dealkylation sites (tertiary alicyclic amines) is 1. The van der Waals surface area contributed by atoms with Crippen LogP contribution in [0.1, 0.15) is 39.0 Å². The monoisotopic (exact) mass is 294 g/mol. The lowest BCUT2D eigenvalue weighted by molar-refractivity contribution is -0.142. The van der Waals surface area contributed by atoms with Crippen LogP contribution < -0.4 is 0 Å². The highest BCUT2D eigenvalue weighted by Gasteiger charge is 2.42. The maximum absolute atomic E-state index is 12.6. The quantitative estimate of drug-likeness (QED) is 0.767. The third-order valence-electron chi connectivity index (χ3n) is 4.97. The van der Waals surface area contributed by atoms with E-state index < -0.39 is 0 Å². The summed E-state index contributed by atoms with van der Waals surface area (Å²) >= 11 is 0. The first-order valence-corrected chi connectivity index (χ1v) is 8.33. The van der Waals surface area contributed by atoms with Gasteiger partial charge < -0.3 is 14.5 Å². The van der Waals surface area contributed by atoms with Gasteiger partial charge in [-0.15, -0.1) is 0 Å². The molecule has 118 valence electrons. The van der Waals surface area contributed by atoms with Crippen molar-refractivity contribution in [3.63, 3.8) is 0 Å². The summed E-state index contributed by atoms with van der Waals surface area (Å²) in [7, 11) is 0. The van der Waals surface area contributed by atoms with Gasteiger partial charge in [0, 0.05) is 32.2 Å². The minimum absolute atomic E-state index is 0.104. The van der Waals surface area contributed by atoms with Crippen molar-refractivity contribution in [1.82, 2.24) is 9.80 Å². The fourth-order valence-corrected chi connectivity index (χ4v) is 3.40. The van der Waals surface area contributed by atoms with Crippen molar-refractivity contribution in [2.75, 3.05) is 32.8 Å².